The fraction of sp³-hybridized carbons (Fsp3) is 0.636. The number of rotatable bonds is 4. The van der Waals surface area contributed by atoms with Gasteiger partial charge in [0.15, 0.2) is 0 Å². The summed E-state index contributed by atoms with van der Waals surface area (Å²) in [5.41, 5.74) is -0.384. The predicted octanol–water partition coefficient (Wildman–Crippen LogP) is 1.19. The van der Waals surface area contributed by atoms with Crippen LogP contribution in [0.3, 0.4) is 0 Å². The highest BCUT2D eigenvalue weighted by Gasteiger charge is 2.51. The van der Waals surface area contributed by atoms with E-state index in [4.69, 9.17) is 0 Å². The maximum Gasteiger partial charge on any atom is 0.312 e. The lowest BCUT2D eigenvalue weighted by molar-refractivity contribution is -0.166. The Balaban J connectivity index is 2.23. The Bertz CT molecular complexity index is 396. The molecular formula is C11H16N2O3. The van der Waals surface area contributed by atoms with Gasteiger partial charge in [-0.15, -0.1) is 0 Å². The zero-order valence-corrected chi connectivity index (χ0v) is 9.26. The molecule has 2 rings (SSSR count). The normalized spacial score (nSPS) is 20.1. The van der Waals surface area contributed by atoms with Gasteiger partial charge in [-0.25, -0.2) is 0 Å². The van der Waals surface area contributed by atoms with E-state index < -0.39 is 17.5 Å². The second-order valence-electron chi connectivity index (χ2n) is 4.35. The van der Waals surface area contributed by atoms with Crippen LogP contribution in [0.15, 0.2) is 12.4 Å². The van der Waals surface area contributed by atoms with Gasteiger partial charge in [0.1, 0.15) is 0 Å². The molecule has 1 saturated carbocycles. The van der Waals surface area contributed by atoms with Gasteiger partial charge < -0.3 is 10.2 Å². The van der Waals surface area contributed by atoms with E-state index in [0.29, 0.717) is 24.9 Å². The molecular weight excluding hydrogens is 208 g/mol. The minimum atomic E-state index is -0.985. The summed E-state index contributed by atoms with van der Waals surface area (Å²) < 4.78 is 1.69. The van der Waals surface area contributed by atoms with Crippen LogP contribution in [0.25, 0.3) is 0 Å². The van der Waals surface area contributed by atoms with Crippen molar-refractivity contribution < 1.29 is 15.0 Å². The van der Waals surface area contributed by atoms with Crippen LogP contribution in [-0.2, 0) is 11.3 Å². The van der Waals surface area contributed by atoms with Gasteiger partial charge in [0.2, 0.25) is 0 Å². The van der Waals surface area contributed by atoms with Gasteiger partial charge in [-0.3, -0.25) is 9.48 Å². The highest BCUT2D eigenvalue weighted by Crippen LogP contribution is 2.50. The Morgan fingerprint density at radius 2 is 2.38 bits per heavy atom. The molecule has 0 saturated heterocycles. The first-order valence-corrected chi connectivity index (χ1v) is 5.54. The van der Waals surface area contributed by atoms with Crippen molar-refractivity contribution in [1.82, 2.24) is 9.78 Å². The van der Waals surface area contributed by atoms with E-state index in [1.54, 1.807) is 17.1 Å². The number of aliphatic hydroxyl groups excluding tert-OH is 1. The molecule has 0 amide bonds. The fourth-order valence-electron chi connectivity index (χ4n) is 2.17. The van der Waals surface area contributed by atoms with Gasteiger partial charge in [-0.1, -0.05) is 6.42 Å². The standard InChI is InChI=1S/C11H16N2O3/c1-2-13-7-8(6-12-13)9(14)11(10(15)16)4-3-5-11/h6-7,9,14H,2-5H2,1H3,(H,15,16)/t9-/m1/s1. The number of aliphatic carboxylic acids is 1. The number of carboxylic acid groups (broad SMARTS) is 1. The van der Waals surface area contributed by atoms with Crippen LogP contribution in [0.2, 0.25) is 0 Å². The second kappa shape index (κ2) is 3.90. The van der Waals surface area contributed by atoms with Crippen molar-refractivity contribution in [2.45, 2.75) is 38.8 Å². The summed E-state index contributed by atoms with van der Waals surface area (Å²) in [7, 11) is 0. The van der Waals surface area contributed by atoms with Gasteiger partial charge >= 0.3 is 5.97 Å². The summed E-state index contributed by atoms with van der Waals surface area (Å²) in [6, 6.07) is 0. The molecule has 0 unspecified atom stereocenters. The summed E-state index contributed by atoms with van der Waals surface area (Å²) in [6.07, 6.45) is 4.27. The molecule has 1 atom stereocenters. The molecule has 5 heteroatoms. The molecule has 1 aliphatic rings. The minimum absolute atomic E-state index is 0.542. The van der Waals surface area contributed by atoms with Crippen LogP contribution < -0.4 is 0 Å². The molecule has 0 aliphatic heterocycles. The number of carbonyl (C=O) groups is 1. The molecule has 88 valence electrons. The Morgan fingerprint density at radius 3 is 2.75 bits per heavy atom. The third kappa shape index (κ3) is 1.51. The van der Waals surface area contributed by atoms with Crippen molar-refractivity contribution in [2.75, 3.05) is 0 Å². The Morgan fingerprint density at radius 1 is 1.69 bits per heavy atom. The molecule has 0 aromatic carbocycles. The molecule has 0 radical (unpaired) electrons. The number of aliphatic hydroxyl groups is 1. The summed E-state index contributed by atoms with van der Waals surface area (Å²) in [5, 5.41) is 23.4. The van der Waals surface area contributed by atoms with E-state index in [-0.39, 0.29) is 0 Å². The maximum atomic E-state index is 11.2. The summed E-state index contributed by atoms with van der Waals surface area (Å²) in [4.78, 5) is 11.2. The topological polar surface area (TPSA) is 75.4 Å². The van der Waals surface area contributed by atoms with E-state index in [1.165, 1.54) is 0 Å². The molecule has 1 aromatic rings. The number of carboxylic acids is 1. The fourth-order valence-corrected chi connectivity index (χ4v) is 2.17. The van der Waals surface area contributed by atoms with E-state index >= 15 is 0 Å². The zero-order chi connectivity index (χ0) is 11.8. The van der Waals surface area contributed by atoms with Crippen molar-refractivity contribution >= 4 is 5.97 Å². The number of nitrogens with zero attached hydrogens (tertiary/aromatic N) is 2. The van der Waals surface area contributed by atoms with Crippen LogP contribution in [0, 0.1) is 5.41 Å². The monoisotopic (exact) mass is 224 g/mol. The minimum Gasteiger partial charge on any atom is -0.481 e. The third-order valence-electron chi connectivity index (χ3n) is 3.49. The molecule has 1 fully saturated rings. The molecule has 0 bridgehead atoms. The molecule has 1 heterocycles. The van der Waals surface area contributed by atoms with Crippen molar-refractivity contribution in [3.05, 3.63) is 18.0 Å². The van der Waals surface area contributed by atoms with Crippen LogP contribution in [0.1, 0.15) is 37.9 Å². The Kier molecular flexibility index (Phi) is 2.71. The number of hydrogen-bond donors (Lipinski definition) is 2. The first-order chi connectivity index (χ1) is 7.60. The number of aromatic nitrogens is 2. The smallest absolute Gasteiger partial charge is 0.312 e. The van der Waals surface area contributed by atoms with Crippen molar-refractivity contribution in [2.24, 2.45) is 5.41 Å². The first-order valence-electron chi connectivity index (χ1n) is 5.54. The summed E-state index contributed by atoms with van der Waals surface area (Å²) >= 11 is 0. The highest BCUT2D eigenvalue weighted by molar-refractivity contribution is 5.76. The third-order valence-corrected chi connectivity index (χ3v) is 3.49. The van der Waals surface area contributed by atoms with Crippen molar-refractivity contribution in [3.63, 3.8) is 0 Å². The van der Waals surface area contributed by atoms with Crippen molar-refractivity contribution in [1.29, 1.82) is 0 Å². The van der Waals surface area contributed by atoms with E-state index in [1.807, 2.05) is 6.92 Å². The van der Waals surface area contributed by atoms with Crippen LogP contribution in [0.4, 0.5) is 0 Å². The number of aryl methyl sites for hydroxylation is 1. The maximum absolute atomic E-state index is 11.2. The van der Waals surface area contributed by atoms with Gasteiger partial charge in [0.25, 0.3) is 0 Å². The number of hydrogen-bond acceptors (Lipinski definition) is 3. The van der Waals surface area contributed by atoms with E-state index in [2.05, 4.69) is 5.10 Å². The average molecular weight is 224 g/mol. The molecule has 1 aromatic heterocycles. The molecule has 2 N–H and O–H groups in total. The lowest BCUT2D eigenvalue weighted by atomic mass is 9.64. The molecule has 1 aliphatic carbocycles. The van der Waals surface area contributed by atoms with Crippen LogP contribution in [-0.4, -0.2) is 26.0 Å². The average Bonchev–Trinajstić information content (AvgIpc) is 2.62. The lowest BCUT2D eigenvalue weighted by Crippen LogP contribution is -2.43. The summed E-state index contributed by atoms with van der Waals surface area (Å²) in [6.45, 7) is 2.66. The quantitative estimate of drug-likeness (QED) is 0.805. The van der Waals surface area contributed by atoms with E-state index in [0.717, 1.165) is 6.42 Å². The predicted molar refractivity (Wildman–Crippen MR) is 56.8 cm³/mol. The largest absolute Gasteiger partial charge is 0.481 e. The SMILES string of the molecule is CCn1cc([C@@H](O)C2(C(=O)O)CCC2)cn1. The van der Waals surface area contributed by atoms with Crippen LogP contribution >= 0.6 is 0 Å². The zero-order valence-electron chi connectivity index (χ0n) is 9.26. The molecule has 16 heavy (non-hydrogen) atoms. The highest BCUT2D eigenvalue weighted by atomic mass is 16.4. The lowest BCUT2D eigenvalue weighted by Gasteiger charge is -2.41. The van der Waals surface area contributed by atoms with Gasteiger partial charge in [-0.2, -0.15) is 5.10 Å². The van der Waals surface area contributed by atoms with Gasteiger partial charge in [0.05, 0.1) is 17.7 Å². The van der Waals surface area contributed by atoms with Gasteiger partial charge in [0, 0.05) is 18.3 Å². The molecule has 0 spiro atoms. The van der Waals surface area contributed by atoms with Crippen LogP contribution in [0.5, 0.6) is 0 Å². The first kappa shape index (κ1) is 11.1. The van der Waals surface area contributed by atoms with Gasteiger partial charge in [-0.05, 0) is 19.8 Å². The second-order valence-corrected chi connectivity index (χ2v) is 4.35. The Labute approximate surface area is 93.7 Å². The molecule has 5 nitrogen and oxygen atoms in total. The van der Waals surface area contributed by atoms with Crippen molar-refractivity contribution in [3.8, 4) is 0 Å². The Hall–Kier alpha value is -1.36. The summed E-state index contributed by atoms with van der Waals surface area (Å²) in [5.74, 6) is -0.907. The van der Waals surface area contributed by atoms with E-state index in [9.17, 15) is 15.0 Å².